The van der Waals surface area contributed by atoms with Crippen molar-refractivity contribution in [3.63, 3.8) is 0 Å². The van der Waals surface area contributed by atoms with Crippen LogP contribution in [0.1, 0.15) is 51.9 Å². The fraction of sp³-hybridized carbons (Fsp3) is 0.923. The number of hydrogen-bond acceptors (Lipinski definition) is 2. The van der Waals surface area contributed by atoms with Crippen molar-refractivity contribution in [1.82, 2.24) is 0 Å². The highest BCUT2D eigenvalue weighted by Gasteiger charge is 2.63. The molecule has 0 spiro atoms. The molecule has 3 nitrogen and oxygen atoms in total. The predicted molar refractivity (Wildman–Crippen MR) is 61.3 cm³/mol. The van der Waals surface area contributed by atoms with Crippen LogP contribution in [-0.2, 0) is 9.53 Å². The molecule has 2 rings (SSSR count). The summed E-state index contributed by atoms with van der Waals surface area (Å²) in [7, 11) is 1.53. The van der Waals surface area contributed by atoms with Gasteiger partial charge in [-0.25, -0.2) is 4.79 Å². The van der Waals surface area contributed by atoms with Crippen LogP contribution in [-0.4, -0.2) is 24.3 Å². The van der Waals surface area contributed by atoms with Crippen LogP contribution in [0.25, 0.3) is 0 Å². The number of rotatable bonds is 4. The van der Waals surface area contributed by atoms with Gasteiger partial charge in [0.25, 0.3) is 0 Å². The molecule has 3 heteroatoms. The van der Waals surface area contributed by atoms with Gasteiger partial charge in [-0.15, -0.1) is 0 Å². The number of aliphatic carboxylic acids is 1. The summed E-state index contributed by atoms with van der Waals surface area (Å²) in [6.45, 7) is 2.27. The first-order valence-electron chi connectivity index (χ1n) is 6.31. The van der Waals surface area contributed by atoms with E-state index < -0.39 is 12.1 Å². The second-order valence-corrected chi connectivity index (χ2v) is 5.73. The molecule has 0 heterocycles. The Bertz CT molecular complexity index is 275. The number of hydrogen-bond donors (Lipinski definition) is 1. The Morgan fingerprint density at radius 3 is 2.12 bits per heavy atom. The molecule has 0 bridgehead atoms. The lowest BCUT2D eigenvalue weighted by Crippen LogP contribution is -2.44. The summed E-state index contributed by atoms with van der Waals surface area (Å²) >= 11 is 0. The highest BCUT2D eigenvalue weighted by atomic mass is 16.5. The maximum atomic E-state index is 11.3. The summed E-state index contributed by atoms with van der Waals surface area (Å²) in [5.41, 5.74) is 0.109. The highest BCUT2D eigenvalue weighted by molar-refractivity contribution is 5.74. The average Bonchev–Trinajstić information content (AvgIpc) is 3.01. The Morgan fingerprint density at radius 2 is 1.75 bits per heavy atom. The summed E-state index contributed by atoms with van der Waals surface area (Å²) < 4.78 is 5.26. The highest BCUT2D eigenvalue weighted by Crippen LogP contribution is 2.66. The number of ether oxygens (including phenoxy) is 1. The molecule has 0 aromatic rings. The molecule has 0 saturated heterocycles. The van der Waals surface area contributed by atoms with Crippen LogP contribution < -0.4 is 0 Å². The number of methoxy groups -OCH3 is 1. The van der Waals surface area contributed by atoms with E-state index in [0.29, 0.717) is 0 Å². The van der Waals surface area contributed by atoms with E-state index in [2.05, 4.69) is 6.92 Å². The van der Waals surface area contributed by atoms with Gasteiger partial charge in [0.1, 0.15) is 0 Å². The van der Waals surface area contributed by atoms with Crippen molar-refractivity contribution in [3.05, 3.63) is 0 Å². The molecular weight excluding hydrogens is 204 g/mol. The van der Waals surface area contributed by atoms with Gasteiger partial charge in [-0.1, -0.05) is 26.2 Å². The fourth-order valence-corrected chi connectivity index (χ4v) is 3.71. The molecule has 1 unspecified atom stereocenters. The SMILES string of the molecule is COC(C(=O)O)C1(C2(C)CCCCC2)CC1. The summed E-state index contributed by atoms with van der Waals surface area (Å²) in [6.07, 6.45) is 7.57. The first-order chi connectivity index (χ1) is 7.56. The second-order valence-electron chi connectivity index (χ2n) is 5.73. The monoisotopic (exact) mass is 226 g/mol. The molecule has 0 aromatic heterocycles. The Kier molecular flexibility index (Phi) is 2.99. The third-order valence-corrected chi connectivity index (χ3v) is 4.91. The summed E-state index contributed by atoms with van der Waals surface area (Å²) in [6, 6.07) is 0. The molecule has 92 valence electrons. The lowest BCUT2D eigenvalue weighted by atomic mass is 9.63. The fourth-order valence-electron chi connectivity index (χ4n) is 3.71. The second kappa shape index (κ2) is 4.02. The number of carbonyl (C=O) groups is 1. The normalized spacial score (nSPS) is 28.4. The van der Waals surface area contributed by atoms with E-state index in [9.17, 15) is 9.90 Å². The third kappa shape index (κ3) is 1.65. The van der Waals surface area contributed by atoms with Crippen molar-refractivity contribution in [2.45, 2.75) is 58.0 Å². The molecule has 0 radical (unpaired) electrons. The Balaban J connectivity index is 2.20. The zero-order valence-corrected chi connectivity index (χ0v) is 10.3. The van der Waals surface area contributed by atoms with Gasteiger partial charge >= 0.3 is 5.97 Å². The topological polar surface area (TPSA) is 46.5 Å². The van der Waals surface area contributed by atoms with E-state index in [1.807, 2.05) is 0 Å². The van der Waals surface area contributed by atoms with Gasteiger partial charge in [0.05, 0.1) is 0 Å². The van der Waals surface area contributed by atoms with Crippen LogP contribution in [0.3, 0.4) is 0 Å². The first kappa shape index (κ1) is 11.9. The third-order valence-electron chi connectivity index (χ3n) is 4.91. The van der Waals surface area contributed by atoms with E-state index in [1.165, 1.54) is 39.2 Å². The van der Waals surface area contributed by atoms with Gasteiger partial charge in [-0.2, -0.15) is 0 Å². The molecule has 0 aliphatic heterocycles. The van der Waals surface area contributed by atoms with Crippen molar-refractivity contribution in [3.8, 4) is 0 Å². The average molecular weight is 226 g/mol. The molecule has 1 N–H and O–H groups in total. The van der Waals surface area contributed by atoms with Crippen LogP contribution in [0.5, 0.6) is 0 Å². The number of carboxylic acid groups (broad SMARTS) is 1. The lowest BCUT2D eigenvalue weighted by Gasteiger charge is -2.43. The van der Waals surface area contributed by atoms with E-state index in [0.717, 1.165) is 12.8 Å². The van der Waals surface area contributed by atoms with Crippen molar-refractivity contribution in [1.29, 1.82) is 0 Å². The van der Waals surface area contributed by atoms with Gasteiger partial charge in [-0.3, -0.25) is 0 Å². The summed E-state index contributed by atoms with van der Waals surface area (Å²) in [5, 5.41) is 9.27. The van der Waals surface area contributed by atoms with Gasteiger partial charge in [0.2, 0.25) is 0 Å². The first-order valence-corrected chi connectivity index (χ1v) is 6.31. The van der Waals surface area contributed by atoms with Crippen LogP contribution >= 0.6 is 0 Å². The van der Waals surface area contributed by atoms with Crippen LogP contribution in [0.15, 0.2) is 0 Å². The zero-order chi connectivity index (χ0) is 11.8. The Labute approximate surface area is 97.2 Å². The molecule has 0 amide bonds. The van der Waals surface area contributed by atoms with E-state index in [4.69, 9.17) is 4.74 Å². The van der Waals surface area contributed by atoms with Gasteiger partial charge in [-0.05, 0) is 31.1 Å². The lowest BCUT2D eigenvalue weighted by molar-refractivity contribution is -0.159. The molecular formula is C13H22O3. The Morgan fingerprint density at radius 1 is 1.19 bits per heavy atom. The van der Waals surface area contributed by atoms with Gasteiger partial charge in [0.15, 0.2) is 6.10 Å². The van der Waals surface area contributed by atoms with Crippen molar-refractivity contribution in [2.24, 2.45) is 10.8 Å². The molecule has 2 aliphatic rings. The standard InChI is InChI=1S/C13H22O3/c1-12(6-4-3-5-7-12)13(8-9-13)10(16-2)11(14)15/h10H,3-9H2,1-2H3,(H,14,15). The van der Waals surface area contributed by atoms with Crippen LogP contribution in [0.2, 0.25) is 0 Å². The molecule has 16 heavy (non-hydrogen) atoms. The van der Waals surface area contributed by atoms with Gasteiger partial charge in [0, 0.05) is 12.5 Å². The largest absolute Gasteiger partial charge is 0.479 e. The van der Waals surface area contributed by atoms with Crippen LogP contribution in [0, 0.1) is 10.8 Å². The molecule has 2 saturated carbocycles. The maximum Gasteiger partial charge on any atom is 0.333 e. The van der Waals surface area contributed by atoms with Crippen molar-refractivity contribution >= 4 is 5.97 Å². The smallest absolute Gasteiger partial charge is 0.333 e. The minimum atomic E-state index is -0.785. The summed E-state index contributed by atoms with van der Waals surface area (Å²) in [5.74, 6) is -0.785. The minimum Gasteiger partial charge on any atom is -0.479 e. The quantitative estimate of drug-likeness (QED) is 0.801. The summed E-state index contributed by atoms with van der Waals surface area (Å²) in [4.78, 5) is 11.3. The van der Waals surface area contributed by atoms with Crippen LogP contribution in [0.4, 0.5) is 0 Å². The van der Waals surface area contributed by atoms with Crippen molar-refractivity contribution < 1.29 is 14.6 Å². The van der Waals surface area contributed by atoms with E-state index >= 15 is 0 Å². The zero-order valence-electron chi connectivity index (χ0n) is 10.3. The van der Waals surface area contributed by atoms with Crippen molar-refractivity contribution in [2.75, 3.05) is 7.11 Å². The molecule has 0 aromatic carbocycles. The number of carboxylic acids is 1. The minimum absolute atomic E-state index is 0.0754. The molecule has 1 atom stereocenters. The molecule has 2 fully saturated rings. The van der Waals surface area contributed by atoms with E-state index in [1.54, 1.807) is 0 Å². The van der Waals surface area contributed by atoms with Gasteiger partial charge < -0.3 is 9.84 Å². The Hall–Kier alpha value is -0.570. The maximum absolute atomic E-state index is 11.3. The molecule has 2 aliphatic carbocycles. The predicted octanol–water partition coefficient (Wildman–Crippen LogP) is 2.84. The van der Waals surface area contributed by atoms with E-state index in [-0.39, 0.29) is 10.8 Å².